The van der Waals surface area contributed by atoms with Gasteiger partial charge < -0.3 is 4.90 Å². The Labute approximate surface area is 103 Å². The number of nitrogens with zero attached hydrogens (tertiary/aromatic N) is 3. The summed E-state index contributed by atoms with van der Waals surface area (Å²) >= 11 is 0. The minimum absolute atomic E-state index is 0.499. The van der Waals surface area contributed by atoms with Gasteiger partial charge in [0.05, 0.1) is 0 Å². The molecule has 1 fully saturated rings. The van der Waals surface area contributed by atoms with Gasteiger partial charge >= 0.3 is 0 Å². The summed E-state index contributed by atoms with van der Waals surface area (Å²) in [4.78, 5) is 6.31. The summed E-state index contributed by atoms with van der Waals surface area (Å²) < 4.78 is 0. The number of anilines is 1. The first-order valence-corrected chi connectivity index (χ1v) is 6.29. The maximum atomic E-state index is 8.86. The number of hydrogen-bond acceptors (Lipinski definition) is 3. The molecule has 0 unspecified atom stereocenters. The largest absolute Gasteiger partial charge is 0.371 e. The lowest BCUT2D eigenvalue weighted by atomic mass is 9.86. The van der Waals surface area contributed by atoms with Crippen LogP contribution in [0.5, 0.6) is 0 Å². The molecule has 1 heterocycles. The van der Waals surface area contributed by atoms with Crippen molar-refractivity contribution in [3.8, 4) is 6.07 Å². The van der Waals surface area contributed by atoms with E-state index < -0.39 is 0 Å². The van der Waals surface area contributed by atoms with Crippen LogP contribution in [0.3, 0.4) is 0 Å². The molecule has 0 spiro atoms. The Morgan fingerprint density at radius 3 is 2.71 bits per heavy atom. The minimum atomic E-state index is 0.499. The molecular formula is C14H19N3. The zero-order valence-corrected chi connectivity index (χ0v) is 10.6. The Hall–Kier alpha value is -1.56. The first-order valence-electron chi connectivity index (χ1n) is 6.29. The van der Waals surface area contributed by atoms with Crippen LogP contribution in [-0.4, -0.2) is 18.1 Å². The van der Waals surface area contributed by atoms with Gasteiger partial charge in [-0.2, -0.15) is 5.26 Å². The molecule has 0 bridgehead atoms. The Kier molecular flexibility index (Phi) is 3.63. The number of nitriles is 1. The highest BCUT2D eigenvalue weighted by molar-refractivity contribution is 5.48. The second kappa shape index (κ2) is 5.18. The van der Waals surface area contributed by atoms with Crippen molar-refractivity contribution in [2.24, 2.45) is 5.92 Å². The Bertz CT molecular complexity index is 414. The van der Waals surface area contributed by atoms with Gasteiger partial charge in [-0.25, -0.2) is 4.98 Å². The third-order valence-corrected chi connectivity index (χ3v) is 3.80. The summed E-state index contributed by atoms with van der Waals surface area (Å²) in [5, 5.41) is 8.86. The molecule has 0 aromatic carbocycles. The maximum Gasteiger partial charge on any atom is 0.142 e. The monoisotopic (exact) mass is 229 g/mol. The van der Waals surface area contributed by atoms with Crippen LogP contribution in [0.1, 0.15) is 38.3 Å². The molecule has 0 radical (unpaired) electrons. The van der Waals surface area contributed by atoms with E-state index in [-0.39, 0.29) is 0 Å². The molecule has 0 atom stereocenters. The summed E-state index contributed by atoms with van der Waals surface area (Å²) in [6.07, 6.45) is 6.84. The van der Waals surface area contributed by atoms with Gasteiger partial charge in [-0.1, -0.05) is 6.92 Å². The molecule has 2 rings (SSSR count). The summed E-state index contributed by atoms with van der Waals surface area (Å²) in [5.41, 5.74) is 1.61. The van der Waals surface area contributed by atoms with Crippen molar-refractivity contribution in [3.63, 3.8) is 0 Å². The van der Waals surface area contributed by atoms with Gasteiger partial charge in [0.1, 0.15) is 11.8 Å². The van der Waals surface area contributed by atoms with Crippen LogP contribution in [0.4, 0.5) is 5.69 Å². The van der Waals surface area contributed by atoms with Crippen LogP contribution in [0.15, 0.2) is 18.3 Å². The van der Waals surface area contributed by atoms with E-state index in [1.54, 1.807) is 6.20 Å². The lowest BCUT2D eigenvalue weighted by Crippen LogP contribution is -2.34. The molecule has 1 aromatic heterocycles. The molecule has 1 aliphatic carbocycles. The zero-order chi connectivity index (χ0) is 12.3. The van der Waals surface area contributed by atoms with E-state index in [1.165, 1.54) is 25.7 Å². The van der Waals surface area contributed by atoms with E-state index >= 15 is 0 Å². The van der Waals surface area contributed by atoms with Crippen molar-refractivity contribution in [1.82, 2.24) is 4.98 Å². The lowest BCUT2D eigenvalue weighted by molar-refractivity contribution is 0.341. The first-order chi connectivity index (χ1) is 8.20. The highest BCUT2D eigenvalue weighted by atomic mass is 15.1. The van der Waals surface area contributed by atoms with Crippen molar-refractivity contribution in [2.75, 3.05) is 11.9 Å². The average molecular weight is 229 g/mol. The van der Waals surface area contributed by atoms with Crippen LogP contribution < -0.4 is 4.90 Å². The van der Waals surface area contributed by atoms with Gasteiger partial charge in [0.2, 0.25) is 0 Å². The van der Waals surface area contributed by atoms with Crippen LogP contribution in [0.25, 0.3) is 0 Å². The van der Waals surface area contributed by atoms with Gasteiger partial charge in [0, 0.05) is 25.0 Å². The summed E-state index contributed by atoms with van der Waals surface area (Å²) in [6, 6.07) is 6.56. The van der Waals surface area contributed by atoms with Crippen molar-refractivity contribution in [1.29, 1.82) is 5.26 Å². The topological polar surface area (TPSA) is 39.9 Å². The molecule has 0 aliphatic heterocycles. The van der Waals surface area contributed by atoms with Gasteiger partial charge in [-0.3, -0.25) is 0 Å². The second-order valence-corrected chi connectivity index (χ2v) is 5.04. The molecule has 17 heavy (non-hydrogen) atoms. The third kappa shape index (κ3) is 2.76. The highest BCUT2D eigenvalue weighted by Gasteiger charge is 2.21. The Morgan fingerprint density at radius 1 is 1.35 bits per heavy atom. The fraction of sp³-hybridized carbons (Fsp3) is 0.571. The predicted molar refractivity (Wildman–Crippen MR) is 68.8 cm³/mol. The first kappa shape index (κ1) is 11.9. The fourth-order valence-corrected chi connectivity index (χ4v) is 2.54. The van der Waals surface area contributed by atoms with Crippen LogP contribution >= 0.6 is 0 Å². The van der Waals surface area contributed by atoms with E-state index in [2.05, 4.69) is 29.9 Å². The Morgan fingerprint density at radius 2 is 2.06 bits per heavy atom. The van der Waals surface area contributed by atoms with Crippen molar-refractivity contribution < 1.29 is 0 Å². The number of aromatic nitrogens is 1. The Balaban J connectivity index is 2.08. The van der Waals surface area contributed by atoms with E-state index in [0.29, 0.717) is 11.7 Å². The van der Waals surface area contributed by atoms with Crippen LogP contribution in [0, 0.1) is 17.2 Å². The number of rotatable bonds is 2. The summed E-state index contributed by atoms with van der Waals surface area (Å²) in [5.74, 6) is 0.867. The van der Waals surface area contributed by atoms with Crippen LogP contribution in [0.2, 0.25) is 0 Å². The molecule has 3 heteroatoms. The fourth-order valence-electron chi connectivity index (χ4n) is 2.54. The maximum absolute atomic E-state index is 8.86. The predicted octanol–water partition coefficient (Wildman–Crippen LogP) is 2.97. The number of hydrogen-bond donors (Lipinski definition) is 0. The van der Waals surface area contributed by atoms with E-state index in [4.69, 9.17) is 5.26 Å². The van der Waals surface area contributed by atoms with Crippen LogP contribution in [-0.2, 0) is 0 Å². The van der Waals surface area contributed by atoms with Gasteiger partial charge in [-0.15, -0.1) is 0 Å². The van der Waals surface area contributed by atoms with E-state index in [1.807, 2.05) is 12.1 Å². The molecule has 1 aromatic rings. The normalized spacial score (nSPS) is 24.1. The molecule has 1 saturated carbocycles. The second-order valence-electron chi connectivity index (χ2n) is 5.04. The van der Waals surface area contributed by atoms with Gasteiger partial charge in [0.15, 0.2) is 0 Å². The van der Waals surface area contributed by atoms with Gasteiger partial charge in [0.25, 0.3) is 0 Å². The third-order valence-electron chi connectivity index (χ3n) is 3.80. The highest BCUT2D eigenvalue weighted by Crippen LogP contribution is 2.29. The smallest absolute Gasteiger partial charge is 0.142 e. The quantitative estimate of drug-likeness (QED) is 0.782. The molecule has 1 aliphatic rings. The summed E-state index contributed by atoms with van der Waals surface area (Å²) in [7, 11) is 2.12. The average Bonchev–Trinajstić information content (AvgIpc) is 2.39. The number of pyridine rings is 1. The molecule has 0 saturated heterocycles. The standard InChI is InChI=1S/C14H19N3/c1-11-3-5-13(6-4-11)17(2)14-7-8-16-12(9-14)10-15/h7-9,11,13H,3-6H2,1-2H3. The van der Waals surface area contributed by atoms with Crippen molar-refractivity contribution in [2.45, 2.75) is 38.6 Å². The van der Waals surface area contributed by atoms with Crippen molar-refractivity contribution >= 4 is 5.69 Å². The molecule has 0 amide bonds. The van der Waals surface area contributed by atoms with Gasteiger partial charge in [-0.05, 0) is 43.7 Å². The minimum Gasteiger partial charge on any atom is -0.371 e. The van der Waals surface area contributed by atoms with E-state index in [9.17, 15) is 0 Å². The SMILES string of the molecule is CC1CCC(N(C)c2ccnc(C#N)c2)CC1. The van der Waals surface area contributed by atoms with Crippen molar-refractivity contribution in [3.05, 3.63) is 24.0 Å². The molecule has 0 N–H and O–H groups in total. The lowest BCUT2D eigenvalue weighted by Gasteiger charge is -2.35. The molecule has 90 valence electrons. The zero-order valence-electron chi connectivity index (χ0n) is 10.6. The molecular weight excluding hydrogens is 210 g/mol. The van der Waals surface area contributed by atoms with E-state index in [0.717, 1.165) is 11.6 Å². The molecule has 3 nitrogen and oxygen atoms in total. The summed E-state index contributed by atoms with van der Waals surface area (Å²) in [6.45, 7) is 2.33.